The molecule has 2 heterocycles. The van der Waals surface area contributed by atoms with Crippen molar-refractivity contribution in [2.24, 2.45) is 0 Å². The van der Waals surface area contributed by atoms with Gasteiger partial charge in [0.2, 0.25) is 6.33 Å². The van der Waals surface area contributed by atoms with Crippen LogP contribution < -0.4 is 0 Å². The fourth-order valence-corrected chi connectivity index (χ4v) is 2.31. The standard InChI is InChI=1S/C15H13N5O5/c1-25-15(22)13(14-17-9-4-2-3-5-10(9)18-14)11(21)6-19-7-12(16-8-19)20(23)24/h2-5,7-8,21H,6H2,1H3,(H,17,18)/b13-11+. The largest absolute Gasteiger partial charge is 0.509 e. The number of fused-ring (bicyclic) bond motifs is 1. The number of imidazole rings is 2. The van der Waals surface area contributed by atoms with Crippen molar-refractivity contribution in [2.45, 2.75) is 6.54 Å². The van der Waals surface area contributed by atoms with Gasteiger partial charge in [-0.05, 0) is 22.0 Å². The van der Waals surface area contributed by atoms with Gasteiger partial charge >= 0.3 is 11.8 Å². The zero-order valence-corrected chi connectivity index (χ0v) is 13.0. The number of nitrogens with one attached hydrogen (secondary N) is 1. The molecule has 128 valence electrons. The minimum Gasteiger partial charge on any atom is -0.509 e. The lowest BCUT2D eigenvalue weighted by Crippen LogP contribution is -2.11. The summed E-state index contributed by atoms with van der Waals surface area (Å²) in [6.45, 7) is -0.206. The number of ether oxygens (including phenoxy) is 1. The molecule has 10 heteroatoms. The van der Waals surface area contributed by atoms with Gasteiger partial charge in [0.25, 0.3) is 0 Å². The highest BCUT2D eigenvalue weighted by molar-refractivity contribution is 6.16. The minimum absolute atomic E-state index is 0.139. The van der Waals surface area contributed by atoms with Crippen molar-refractivity contribution in [1.82, 2.24) is 19.5 Å². The summed E-state index contributed by atoms with van der Waals surface area (Å²) in [6, 6.07) is 7.12. The van der Waals surface area contributed by atoms with Crippen molar-refractivity contribution >= 4 is 28.4 Å². The second-order valence-electron chi connectivity index (χ2n) is 5.08. The van der Waals surface area contributed by atoms with Crippen LogP contribution in [0.15, 0.2) is 42.5 Å². The van der Waals surface area contributed by atoms with E-state index >= 15 is 0 Å². The molecule has 0 unspecified atom stereocenters. The number of carbonyl (C=O) groups is 1. The zero-order chi connectivity index (χ0) is 18.0. The maximum atomic E-state index is 12.1. The van der Waals surface area contributed by atoms with Crippen molar-refractivity contribution in [2.75, 3.05) is 7.11 Å². The van der Waals surface area contributed by atoms with E-state index in [0.29, 0.717) is 11.0 Å². The first-order chi connectivity index (χ1) is 12.0. The molecule has 10 nitrogen and oxygen atoms in total. The van der Waals surface area contributed by atoms with Crippen molar-refractivity contribution in [3.05, 3.63) is 58.5 Å². The van der Waals surface area contributed by atoms with Crippen molar-refractivity contribution in [1.29, 1.82) is 0 Å². The second-order valence-corrected chi connectivity index (χ2v) is 5.08. The lowest BCUT2D eigenvalue weighted by molar-refractivity contribution is -0.389. The number of para-hydroxylation sites is 2. The van der Waals surface area contributed by atoms with Crippen LogP contribution >= 0.6 is 0 Å². The number of aliphatic hydroxyl groups excluding tert-OH is 1. The summed E-state index contributed by atoms with van der Waals surface area (Å²) in [6.07, 6.45) is 2.33. The van der Waals surface area contributed by atoms with Crippen LogP contribution in [0.1, 0.15) is 5.82 Å². The molecule has 25 heavy (non-hydrogen) atoms. The Labute approximate surface area is 140 Å². The van der Waals surface area contributed by atoms with Gasteiger partial charge in [-0.1, -0.05) is 12.1 Å². The monoisotopic (exact) mass is 343 g/mol. The predicted molar refractivity (Wildman–Crippen MR) is 86.5 cm³/mol. The van der Waals surface area contributed by atoms with E-state index in [2.05, 4.69) is 15.0 Å². The van der Waals surface area contributed by atoms with Crippen molar-refractivity contribution in [3.63, 3.8) is 0 Å². The molecule has 0 fully saturated rings. The van der Waals surface area contributed by atoms with E-state index in [9.17, 15) is 20.0 Å². The summed E-state index contributed by atoms with van der Waals surface area (Å²) in [5, 5.41) is 21.1. The van der Waals surface area contributed by atoms with Gasteiger partial charge in [0.15, 0.2) is 0 Å². The quantitative estimate of drug-likeness (QED) is 0.237. The fraction of sp³-hybridized carbons (Fsp3) is 0.133. The average molecular weight is 343 g/mol. The van der Waals surface area contributed by atoms with E-state index in [1.807, 2.05) is 0 Å². The normalized spacial score (nSPS) is 12.0. The Bertz CT molecular complexity index is 954. The smallest absolute Gasteiger partial charge is 0.381 e. The second kappa shape index (κ2) is 6.43. The first kappa shape index (κ1) is 16.2. The predicted octanol–water partition coefficient (Wildman–Crippen LogP) is 1.81. The molecule has 1 aromatic carbocycles. The molecular formula is C15H13N5O5. The van der Waals surface area contributed by atoms with Gasteiger partial charge in [-0.15, -0.1) is 0 Å². The third-order valence-electron chi connectivity index (χ3n) is 3.44. The van der Waals surface area contributed by atoms with Crippen LogP contribution in [0.5, 0.6) is 0 Å². The number of nitrogens with zero attached hydrogens (tertiary/aromatic N) is 4. The number of esters is 1. The van der Waals surface area contributed by atoms with Crippen molar-refractivity contribution in [3.8, 4) is 0 Å². The fourth-order valence-electron chi connectivity index (χ4n) is 2.31. The third kappa shape index (κ3) is 3.17. The lowest BCUT2D eigenvalue weighted by atomic mass is 10.2. The van der Waals surface area contributed by atoms with Crippen LogP contribution in [-0.4, -0.2) is 42.6 Å². The van der Waals surface area contributed by atoms with E-state index in [1.54, 1.807) is 24.3 Å². The molecule has 0 saturated heterocycles. The Kier molecular flexibility index (Phi) is 4.16. The summed E-state index contributed by atoms with van der Waals surface area (Å²) < 4.78 is 5.99. The van der Waals surface area contributed by atoms with Crippen LogP contribution in [-0.2, 0) is 16.1 Å². The molecule has 0 radical (unpaired) electrons. The van der Waals surface area contributed by atoms with E-state index in [-0.39, 0.29) is 29.5 Å². The van der Waals surface area contributed by atoms with Gasteiger partial charge in [-0.3, -0.25) is 0 Å². The van der Waals surface area contributed by atoms with E-state index in [4.69, 9.17) is 4.74 Å². The van der Waals surface area contributed by atoms with Gasteiger partial charge in [0.1, 0.15) is 23.4 Å². The number of benzene rings is 1. The van der Waals surface area contributed by atoms with E-state index < -0.39 is 10.9 Å². The summed E-state index contributed by atoms with van der Waals surface area (Å²) in [4.78, 5) is 32.9. The molecule has 2 aromatic heterocycles. The number of aliphatic hydroxyl groups is 1. The molecule has 0 aliphatic carbocycles. The van der Waals surface area contributed by atoms with Crippen LogP contribution in [0.3, 0.4) is 0 Å². The Hall–Kier alpha value is -3.69. The number of hydrogen-bond donors (Lipinski definition) is 2. The Morgan fingerprint density at radius 1 is 1.44 bits per heavy atom. The number of allylic oxidation sites excluding steroid dienone is 1. The molecule has 0 aliphatic heterocycles. The number of nitro groups is 1. The highest BCUT2D eigenvalue weighted by Crippen LogP contribution is 2.21. The summed E-state index contributed by atoms with van der Waals surface area (Å²) >= 11 is 0. The van der Waals surface area contributed by atoms with Crippen LogP contribution in [0.4, 0.5) is 5.82 Å². The van der Waals surface area contributed by atoms with E-state index in [1.165, 1.54) is 18.0 Å². The molecule has 0 bridgehead atoms. The summed E-state index contributed by atoms with van der Waals surface area (Å²) in [5.74, 6) is -1.37. The Morgan fingerprint density at radius 3 is 2.84 bits per heavy atom. The summed E-state index contributed by atoms with van der Waals surface area (Å²) in [7, 11) is 1.18. The Morgan fingerprint density at radius 2 is 2.20 bits per heavy atom. The van der Waals surface area contributed by atoms with Gasteiger partial charge in [0.05, 0.1) is 24.7 Å². The molecule has 0 atom stereocenters. The first-order valence-electron chi connectivity index (χ1n) is 7.11. The van der Waals surface area contributed by atoms with Crippen LogP contribution in [0, 0.1) is 10.1 Å². The van der Waals surface area contributed by atoms with Gasteiger partial charge < -0.3 is 29.5 Å². The number of hydrogen-bond acceptors (Lipinski definition) is 7. The Balaban J connectivity index is 2.02. The van der Waals surface area contributed by atoms with Crippen molar-refractivity contribution < 1.29 is 19.6 Å². The molecule has 0 saturated carbocycles. The molecule has 0 amide bonds. The minimum atomic E-state index is -0.786. The number of H-pyrrole nitrogens is 1. The maximum Gasteiger partial charge on any atom is 0.381 e. The highest BCUT2D eigenvalue weighted by atomic mass is 16.6. The highest BCUT2D eigenvalue weighted by Gasteiger charge is 2.23. The number of methoxy groups -OCH3 is 1. The van der Waals surface area contributed by atoms with E-state index in [0.717, 1.165) is 6.20 Å². The van der Waals surface area contributed by atoms with Gasteiger partial charge in [0, 0.05) is 0 Å². The van der Waals surface area contributed by atoms with Gasteiger partial charge in [-0.2, -0.15) is 0 Å². The summed E-state index contributed by atoms with van der Waals surface area (Å²) in [5.41, 5.74) is 1.14. The number of aromatic nitrogens is 4. The zero-order valence-electron chi connectivity index (χ0n) is 13.0. The molecular weight excluding hydrogens is 330 g/mol. The molecule has 0 spiro atoms. The SMILES string of the molecule is COC(=O)/C(=C(/O)Cn1cnc([N+](=O)[O-])c1)c1nc2ccccc2[nH]1. The number of aromatic amines is 1. The van der Waals surface area contributed by atoms with Crippen LogP contribution in [0.25, 0.3) is 16.6 Å². The molecule has 3 rings (SSSR count). The molecule has 2 N–H and O–H groups in total. The van der Waals surface area contributed by atoms with Crippen LogP contribution in [0.2, 0.25) is 0 Å². The lowest BCUT2D eigenvalue weighted by Gasteiger charge is -2.07. The van der Waals surface area contributed by atoms with Gasteiger partial charge in [-0.25, -0.2) is 9.78 Å². The molecule has 0 aliphatic rings. The topological polar surface area (TPSA) is 136 Å². The first-order valence-corrected chi connectivity index (χ1v) is 7.11. The average Bonchev–Trinajstić information content (AvgIpc) is 3.21. The number of carbonyl (C=O) groups excluding carboxylic acids is 1. The number of rotatable bonds is 5. The molecule has 3 aromatic rings. The third-order valence-corrected chi connectivity index (χ3v) is 3.44. The maximum absolute atomic E-state index is 12.1.